The van der Waals surface area contributed by atoms with Gasteiger partial charge in [-0.2, -0.15) is 0 Å². The van der Waals surface area contributed by atoms with Gasteiger partial charge in [0, 0.05) is 5.56 Å². The molecule has 1 aromatic heterocycles. The molecule has 0 saturated heterocycles. The number of aromatic amines is 1. The van der Waals surface area contributed by atoms with Crippen molar-refractivity contribution in [2.24, 2.45) is 5.73 Å². The molecule has 1 heterocycles. The van der Waals surface area contributed by atoms with Crippen LogP contribution in [-0.2, 0) is 5.54 Å². The van der Waals surface area contributed by atoms with Gasteiger partial charge >= 0.3 is 0 Å². The third-order valence-electron chi connectivity index (χ3n) is 2.86. The van der Waals surface area contributed by atoms with Crippen LogP contribution in [0.1, 0.15) is 30.8 Å². The van der Waals surface area contributed by atoms with Crippen molar-refractivity contribution in [2.75, 3.05) is 0 Å². The number of rotatable bonds is 2. The second-order valence-electron chi connectivity index (χ2n) is 5.19. The van der Waals surface area contributed by atoms with Gasteiger partial charge in [-0.25, -0.2) is 4.98 Å². The lowest BCUT2D eigenvalue weighted by molar-refractivity contribution is 0.520. The highest BCUT2D eigenvalue weighted by molar-refractivity contribution is 5.63. The summed E-state index contributed by atoms with van der Waals surface area (Å²) in [5, 5.41) is 0. The molecule has 1 aromatic carbocycles. The van der Waals surface area contributed by atoms with Crippen molar-refractivity contribution < 1.29 is 0 Å². The monoisotopic (exact) mass is 229 g/mol. The Morgan fingerprint density at radius 2 is 1.94 bits per heavy atom. The van der Waals surface area contributed by atoms with E-state index >= 15 is 0 Å². The van der Waals surface area contributed by atoms with Crippen LogP contribution in [0.5, 0.6) is 0 Å². The quantitative estimate of drug-likeness (QED) is 0.832. The number of hydrogen-bond donors (Lipinski definition) is 2. The molecule has 3 nitrogen and oxygen atoms in total. The largest absolute Gasteiger partial charge is 0.340 e. The van der Waals surface area contributed by atoms with E-state index in [1.807, 2.05) is 20.0 Å². The Bertz CT molecular complexity index is 533. The Hall–Kier alpha value is -1.61. The van der Waals surface area contributed by atoms with E-state index in [1.165, 1.54) is 16.7 Å². The van der Waals surface area contributed by atoms with E-state index in [9.17, 15) is 0 Å². The number of hydrogen-bond acceptors (Lipinski definition) is 2. The van der Waals surface area contributed by atoms with Gasteiger partial charge in [-0.05, 0) is 33.3 Å². The Balaban J connectivity index is 2.44. The summed E-state index contributed by atoms with van der Waals surface area (Å²) >= 11 is 0. The molecule has 0 aliphatic heterocycles. The van der Waals surface area contributed by atoms with Crippen molar-refractivity contribution in [3.05, 3.63) is 41.3 Å². The lowest BCUT2D eigenvalue weighted by Gasteiger charge is -2.14. The second-order valence-corrected chi connectivity index (χ2v) is 5.19. The highest BCUT2D eigenvalue weighted by atomic mass is 15.0. The maximum absolute atomic E-state index is 6.02. The second kappa shape index (κ2) is 4.00. The zero-order valence-corrected chi connectivity index (χ0v) is 10.8. The molecule has 0 bridgehead atoms. The fourth-order valence-electron chi connectivity index (χ4n) is 1.90. The van der Waals surface area contributed by atoms with Crippen LogP contribution in [-0.4, -0.2) is 9.97 Å². The summed E-state index contributed by atoms with van der Waals surface area (Å²) in [5.74, 6) is 0.812. The van der Waals surface area contributed by atoms with Crippen LogP contribution in [0.3, 0.4) is 0 Å². The van der Waals surface area contributed by atoms with Crippen LogP contribution in [0.4, 0.5) is 0 Å². The Morgan fingerprint density at radius 1 is 1.24 bits per heavy atom. The first-order valence-corrected chi connectivity index (χ1v) is 5.80. The fourth-order valence-corrected chi connectivity index (χ4v) is 1.90. The molecule has 3 heteroatoms. The van der Waals surface area contributed by atoms with Gasteiger partial charge in [0.05, 0.1) is 17.4 Å². The maximum Gasteiger partial charge on any atom is 0.126 e. The summed E-state index contributed by atoms with van der Waals surface area (Å²) in [4.78, 5) is 7.64. The zero-order valence-electron chi connectivity index (χ0n) is 10.8. The van der Waals surface area contributed by atoms with Gasteiger partial charge in [-0.3, -0.25) is 0 Å². The first kappa shape index (κ1) is 11.9. The van der Waals surface area contributed by atoms with E-state index in [-0.39, 0.29) is 0 Å². The molecule has 90 valence electrons. The zero-order chi connectivity index (χ0) is 12.6. The average Bonchev–Trinajstić information content (AvgIpc) is 2.65. The van der Waals surface area contributed by atoms with Crippen molar-refractivity contribution in [3.63, 3.8) is 0 Å². The minimum Gasteiger partial charge on any atom is -0.340 e. The number of aromatic nitrogens is 2. The minimum atomic E-state index is -0.434. The van der Waals surface area contributed by atoms with E-state index in [2.05, 4.69) is 42.0 Å². The van der Waals surface area contributed by atoms with Crippen LogP contribution in [0, 0.1) is 13.8 Å². The van der Waals surface area contributed by atoms with Gasteiger partial charge in [0.15, 0.2) is 0 Å². The van der Waals surface area contributed by atoms with Gasteiger partial charge in [0.25, 0.3) is 0 Å². The molecule has 0 aliphatic carbocycles. The SMILES string of the molecule is Cc1ccc(-c2cnc(C(C)(C)N)[nH]2)c(C)c1. The van der Waals surface area contributed by atoms with Gasteiger partial charge < -0.3 is 10.7 Å². The fraction of sp³-hybridized carbons (Fsp3) is 0.357. The van der Waals surface area contributed by atoms with Gasteiger partial charge in [0.1, 0.15) is 5.82 Å². The van der Waals surface area contributed by atoms with Crippen LogP contribution in [0.25, 0.3) is 11.3 Å². The van der Waals surface area contributed by atoms with E-state index < -0.39 is 5.54 Å². The lowest BCUT2D eigenvalue weighted by atomic mass is 10.0. The molecule has 0 spiro atoms. The molecule has 0 saturated carbocycles. The van der Waals surface area contributed by atoms with Crippen molar-refractivity contribution in [3.8, 4) is 11.3 Å². The molecule has 17 heavy (non-hydrogen) atoms. The minimum absolute atomic E-state index is 0.434. The van der Waals surface area contributed by atoms with E-state index in [0.29, 0.717) is 0 Å². The molecular formula is C14H19N3. The Kier molecular flexibility index (Phi) is 2.79. The molecule has 0 aliphatic rings. The molecule has 0 unspecified atom stereocenters. The van der Waals surface area contributed by atoms with E-state index in [4.69, 9.17) is 5.73 Å². The third-order valence-corrected chi connectivity index (χ3v) is 2.86. The van der Waals surface area contributed by atoms with Gasteiger partial charge in [-0.1, -0.05) is 23.8 Å². The highest BCUT2D eigenvalue weighted by Crippen LogP contribution is 2.24. The number of nitrogens with two attached hydrogens (primary N) is 1. The van der Waals surface area contributed by atoms with Crippen molar-refractivity contribution >= 4 is 0 Å². The highest BCUT2D eigenvalue weighted by Gasteiger charge is 2.18. The van der Waals surface area contributed by atoms with Crippen LogP contribution in [0.2, 0.25) is 0 Å². The molecule has 0 fully saturated rings. The average molecular weight is 229 g/mol. The number of benzene rings is 1. The van der Waals surface area contributed by atoms with Gasteiger partial charge in [0.2, 0.25) is 0 Å². The predicted octanol–water partition coefficient (Wildman–Crippen LogP) is 2.89. The maximum atomic E-state index is 6.02. The molecule has 2 rings (SSSR count). The van der Waals surface area contributed by atoms with Crippen LogP contribution >= 0.6 is 0 Å². The summed E-state index contributed by atoms with van der Waals surface area (Å²) < 4.78 is 0. The predicted molar refractivity (Wildman–Crippen MR) is 70.7 cm³/mol. The van der Waals surface area contributed by atoms with E-state index in [0.717, 1.165) is 11.5 Å². The number of H-pyrrole nitrogens is 1. The molecule has 0 atom stereocenters. The summed E-state index contributed by atoms with van der Waals surface area (Å²) in [6.07, 6.45) is 1.85. The summed E-state index contributed by atoms with van der Waals surface area (Å²) in [7, 11) is 0. The molecule has 2 aromatic rings. The van der Waals surface area contributed by atoms with E-state index in [1.54, 1.807) is 0 Å². The van der Waals surface area contributed by atoms with Crippen molar-refractivity contribution in [2.45, 2.75) is 33.2 Å². The number of nitrogens with zero attached hydrogens (tertiary/aromatic N) is 1. The number of nitrogens with one attached hydrogen (secondary N) is 1. The number of imidazole rings is 1. The third kappa shape index (κ3) is 2.39. The molecule has 0 amide bonds. The molecular weight excluding hydrogens is 210 g/mol. The Morgan fingerprint density at radius 3 is 2.47 bits per heavy atom. The summed E-state index contributed by atoms with van der Waals surface area (Å²) in [6, 6.07) is 6.39. The smallest absolute Gasteiger partial charge is 0.126 e. The van der Waals surface area contributed by atoms with Crippen LogP contribution in [0.15, 0.2) is 24.4 Å². The molecule has 0 radical (unpaired) electrons. The summed E-state index contributed by atoms with van der Waals surface area (Å²) in [6.45, 7) is 8.09. The first-order valence-electron chi connectivity index (χ1n) is 5.80. The van der Waals surface area contributed by atoms with Crippen molar-refractivity contribution in [1.82, 2.24) is 9.97 Å². The number of aryl methyl sites for hydroxylation is 2. The molecule has 3 N–H and O–H groups in total. The normalized spacial score (nSPS) is 11.8. The van der Waals surface area contributed by atoms with Crippen molar-refractivity contribution in [1.29, 1.82) is 0 Å². The lowest BCUT2D eigenvalue weighted by Crippen LogP contribution is -2.30. The standard InChI is InChI=1S/C14H19N3/c1-9-5-6-11(10(2)7-9)12-8-16-13(17-12)14(3,4)15/h5-8H,15H2,1-4H3,(H,16,17). The topological polar surface area (TPSA) is 54.7 Å². The van der Waals surface area contributed by atoms with Gasteiger partial charge in [-0.15, -0.1) is 0 Å². The first-order chi connectivity index (χ1) is 7.88. The summed E-state index contributed by atoms with van der Waals surface area (Å²) in [5.41, 5.74) is 10.3. The Labute approximate surface area is 102 Å². The van der Waals surface area contributed by atoms with Crippen LogP contribution < -0.4 is 5.73 Å².